The molecule has 1 aromatic carbocycles. The predicted molar refractivity (Wildman–Crippen MR) is 109 cm³/mol. The van der Waals surface area contributed by atoms with Crippen molar-refractivity contribution in [3.05, 3.63) is 76.9 Å². The lowest BCUT2D eigenvalue weighted by Gasteiger charge is -2.05. The van der Waals surface area contributed by atoms with E-state index in [2.05, 4.69) is 19.9 Å². The molecule has 0 bridgehead atoms. The molecule has 1 N–H and O–H groups in total. The van der Waals surface area contributed by atoms with Gasteiger partial charge in [0.15, 0.2) is 0 Å². The summed E-state index contributed by atoms with van der Waals surface area (Å²) in [6.07, 6.45) is 3.20. The minimum Gasteiger partial charge on any atom is -0.478 e. The number of ether oxygens (including phenoxy) is 1. The lowest BCUT2D eigenvalue weighted by atomic mass is 10.1. The molecule has 0 amide bonds. The first-order valence-electron chi connectivity index (χ1n) is 8.88. The SMILES string of the molecule is Cc1nc(COc2ncccn2)sc1-c1cccc(-c2ccc(C(=O)O)c(F)c2)n1. The average molecular weight is 422 g/mol. The van der Waals surface area contributed by atoms with Crippen LogP contribution in [-0.4, -0.2) is 31.0 Å². The van der Waals surface area contributed by atoms with Crippen LogP contribution in [0.3, 0.4) is 0 Å². The van der Waals surface area contributed by atoms with E-state index in [4.69, 9.17) is 9.84 Å². The summed E-state index contributed by atoms with van der Waals surface area (Å²) in [4.78, 5) is 29.0. The molecular formula is C21H15FN4O3S. The molecule has 0 unspecified atom stereocenters. The molecule has 4 rings (SSSR count). The molecule has 0 radical (unpaired) electrons. The van der Waals surface area contributed by atoms with Crippen LogP contribution in [0.4, 0.5) is 4.39 Å². The molecule has 3 heterocycles. The average Bonchev–Trinajstić information content (AvgIpc) is 3.13. The van der Waals surface area contributed by atoms with Crippen molar-refractivity contribution in [3.63, 3.8) is 0 Å². The van der Waals surface area contributed by atoms with Crippen LogP contribution in [-0.2, 0) is 6.61 Å². The topological polar surface area (TPSA) is 98.1 Å². The number of carboxylic acid groups (broad SMARTS) is 1. The van der Waals surface area contributed by atoms with Crippen LogP contribution in [0.15, 0.2) is 54.9 Å². The summed E-state index contributed by atoms with van der Waals surface area (Å²) in [6, 6.07) is 11.3. The molecule has 9 heteroatoms. The van der Waals surface area contributed by atoms with E-state index in [9.17, 15) is 9.18 Å². The molecule has 0 aliphatic rings. The fraction of sp³-hybridized carbons (Fsp3) is 0.0952. The monoisotopic (exact) mass is 422 g/mol. The Labute approximate surface area is 174 Å². The van der Waals surface area contributed by atoms with Crippen molar-refractivity contribution in [2.75, 3.05) is 0 Å². The summed E-state index contributed by atoms with van der Waals surface area (Å²) >= 11 is 1.44. The standard InChI is InChI=1S/C21H15FN4O3S/c1-12-19(30-18(25-12)11-29-21-23-8-3-9-24-21)17-5-2-4-16(26-17)13-6-7-14(20(27)28)15(22)10-13/h2-10H,11H2,1H3,(H,27,28). The quantitative estimate of drug-likeness (QED) is 0.492. The summed E-state index contributed by atoms with van der Waals surface area (Å²) < 4.78 is 19.6. The number of carboxylic acids is 1. The van der Waals surface area contributed by atoms with Gasteiger partial charge in [0.05, 0.1) is 27.5 Å². The Kier molecular flexibility index (Phi) is 5.44. The maximum atomic E-state index is 14.1. The highest BCUT2D eigenvalue weighted by Gasteiger charge is 2.15. The Morgan fingerprint density at radius 1 is 1.10 bits per heavy atom. The van der Waals surface area contributed by atoms with Gasteiger partial charge >= 0.3 is 12.0 Å². The summed E-state index contributed by atoms with van der Waals surface area (Å²) in [5.74, 6) is -2.11. The van der Waals surface area contributed by atoms with Crippen molar-refractivity contribution in [2.45, 2.75) is 13.5 Å². The van der Waals surface area contributed by atoms with E-state index in [0.717, 1.165) is 15.6 Å². The van der Waals surface area contributed by atoms with Crippen LogP contribution in [0.25, 0.3) is 21.8 Å². The highest BCUT2D eigenvalue weighted by atomic mass is 32.1. The lowest BCUT2D eigenvalue weighted by molar-refractivity contribution is 0.0692. The Hall–Kier alpha value is -3.72. The number of pyridine rings is 1. The third-order valence-corrected chi connectivity index (χ3v) is 5.34. The van der Waals surface area contributed by atoms with Crippen LogP contribution in [0.2, 0.25) is 0 Å². The minimum absolute atomic E-state index is 0.233. The van der Waals surface area contributed by atoms with Crippen molar-refractivity contribution in [1.29, 1.82) is 0 Å². The fourth-order valence-electron chi connectivity index (χ4n) is 2.81. The van der Waals surface area contributed by atoms with Crippen molar-refractivity contribution in [2.24, 2.45) is 0 Å². The molecule has 0 atom stereocenters. The zero-order valence-electron chi connectivity index (χ0n) is 15.7. The number of thiazole rings is 1. The van der Waals surface area contributed by atoms with Crippen LogP contribution < -0.4 is 4.74 Å². The van der Waals surface area contributed by atoms with E-state index in [0.29, 0.717) is 17.0 Å². The van der Waals surface area contributed by atoms with Crippen LogP contribution >= 0.6 is 11.3 Å². The van der Waals surface area contributed by atoms with E-state index >= 15 is 0 Å². The molecule has 3 aromatic heterocycles. The first-order valence-corrected chi connectivity index (χ1v) is 9.69. The smallest absolute Gasteiger partial charge is 0.338 e. The number of hydrogen-bond donors (Lipinski definition) is 1. The number of halogens is 1. The fourth-order valence-corrected chi connectivity index (χ4v) is 3.76. The van der Waals surface area contributed by atoms with E-state index in [-0.39, 0.29) is 18.2 Å². The van der Waals surface area contributed by atoms with Crippen LogP contribution in [0.5, 0.6) is 6.01 Å². The molecule has 0 saturated heterocycles. The predicted octanol–water partition coefficient (Wildman–Crippen LogP) is 4.39. The largest absolute Gasteiger partial charge is 0.478 e. The highest BCUT2D eigenvalue weighted by Crippen LogP contribution is 2.31. The van der Waals surface area contributed by atoms with Gasteiger partial charge in [0.1, 0.15) is 17.4 Å². The van der Waals surface area contributed by atoms with Gasteiger partial charge in [-0.1, -0.05) is 12.1 Å². The maximum absolute atomic E-state index is 14.1. The van der Waals surface area contributed by atoms with Gasteiger partial charge in [0.25, 0.3) is 0 Å². The molecule has 0 saturated carbocycles. The number of rotatable bonds is 6. The van der Waals surface area contributed by atoms with E-state index < -0.39 is 11.8 Å². The summed E-state index contributed by atoms with van der Waals surface area (Å²) in [7, 11) is 0. The normalized spacial score (nSPS) is 10.7. The number of hydrogen-bond acceptors (Lipinski definition) is 7. The molecular weight excluding hydrogens is 407 g/mol. The van der Waals surface area contributed by atoms with Crippen LogP contribution in [0.1, 0.15) is 21.1 Å². The number of aromatic nitrogens is 4. The van der Waals surface area contributed by atoms with Crippen LogP contribution in [0, 0.1) is 12.7 Å². The van der Waals surface area contributed by atoms with Gasteiger partial charge in [-0.15, -0.1) is 11.3 Å². The highest BCUT2D eigenvalue weighted by molar-refractivity contribution is 7.15. The second-order valence-corrected chi connectivity index (χ2v) is 7.33. The van der Waals surface area contributed by atoms with Gasteiger partial charge in [-0.2, -0.15) is 0 Å². The zero-order chi connectivity index (χ0) is 21.1. The molecule has 150 valence electrons. The van der Waals surface area contributed by atoms with Gasteiger partial charge in [0.2, 0.25) is 0 Å². The first kappa shape index (κ1) is 19.6. The summed E-state index contributed by atoms with van der Waals surface area (Å²) in [5, 5.41) is 9.74. The molecule has 4 aromatic rings. The Balaban J connectivity index is 1.59. The number of nitrogens with zero attached hydrogens (tertiary/aromatic N) is 4. The molecule has 0 aliphatic carbocycles. The third-order valence-electron chi connectivity index (χ3n) is 4.18. The first-order chi connectivity index (χ1) is 14.5. The zero-order valence-corrected chi connectivity index (χ0v) is 16.6. The van der Waals surface area contributed by atoms with Crippen molar-refractivity contribution in [3.8, 4) is 27.8 Å². The number of benzene rings is 1. The second kappa shape index (κ2) is 8.34. The van der Waals surface area contributed by atoms with Crippen molar-refractivity contribution >= 4 is 17.3 Å². The minimum atomic E-state index is -1.31. The number of aromatic carboxylic acids is 1. The van der Waals surface area contributed by atoms with Crippen molar-refractivity contribution < 1.29 is 19.0 Å². The van der Waals surface area contributed by atoms with E-state index in [1.54, 1.807) is 24.5 Å². The van der Waals surface area contributed by atoms with Gasteiger partial charge in [-0.25, -0.2) is 29.1 Å². The Bertz CT molecular complexity index is 1210. The number of aryl methyl sites for hydroxylation is 1. The Morgan fingerprint density at radius 3 is 2.60 bits per heavy atom. The van der Waals surface area contributed by atoms with Gasteiger partial charge in [-0.3, -0.25) is 0 Å². The molecule has 0 aliphatic heterocycles. The molecule has 0 fully saturated rings. The lowest BCUT2D eigenvalue weighted by Crippen LogP contribution is -2.00. The third kappa shape index (κ3) is 4.15. The number of carbonyl (C=O) groups is 1. The van der Waals surface area contributed by atoms with Crippen molar-refractivity contribution in [1.82, 2.24) is 19.9 Å². The Morgan fingerprint density at radius 2 is 1.87 bits per heavy atom. The van der Waals surface area contributed by atoms with Gasteiger partial charge < -0.3 is 9.84 Å². The molecule has 0 spiro atoms. The van der Waals surface area contributed by atoms with E-state index in [1.165, 1.54) is 29.5 Å². The van der Waals surface area contributed by atoms with Gasteiger partial charge in [0, 0.05) is 18.0 Å². The summed E-state index contributed by atoms with van der Waals surface area (Å²) in [6.45, 7) is 2.11. The molecule has 7 nitrogen and oxygen atoms in total. The maximum Gasteiger partial charge on any atom is 0.338 e. The second-order valence-electron chi connectivity index (χ2n) is 6.25. The van der Waals surface area contributed by atoms with Gasteiger partial charge in [-0.05, 0) is 37.3 Å². The van der Waals surface area contributed by atoms with E-state index in [1.807, 2.05) is 19.1 Å². The molecule has 30 heavy (non-hydrogen) atoms. The summed E-state index contributed by atoms with van der Waals surface area (Å²) in [5.41, 5.74) is 2.13.